The summed E-state index contributed by atoms with van der Waals surface area (Å²) in [6.07, 6.45) is 0. The van der Waals surface area contributed by atoms with Crippen molar-refractivity contribution in [2.24, 2.45) is 0 Å². The quantitative estimate of drug-likeness (QED) is 0.128. The number of fused-ring (bicyclic) bond motifs is 1. The van der Waals surface area contributed by atoms with Crippen molar-refractivity contribution < 1.29 is 0 Å². The van der Waals surface area contributed by atoms with Crippen LogP contribution in [0.25, 0.3) is 188 Å². The van der Waals surface area contributed by atoms with Crippen LogP contribution in [-0.4, -0.2) is 24.9 Å². The molecular formula is C85H51N5. The zero-order chi connectivity index (χ0) is 59.2. The maximum atomic E-state index is 5.79. The Morgan fingerprint density at radius 1 is 0.178 bits per heavy atom. The van der Waals surface area contributed by atoms with Gasteiger partial charge >= 0.3 is 0 Å². The molecule has 416 valence electrons. The van der Waals surface area contributed by atoms with Gasteiger partial charge in [0.15, 0.2) is 11.6 Å². The molecule has 0 N–H and O–H groups in total. The summed E-state index contributed by atoms with van der Waals surface area (Å²) >= 11 is 0. The Hall–Kier alpha value is -12.1. The van der Waals surface area contributed by atoms with Crippen LogP contribution in [0.5, 0.6) is 0 Å². The van der Waals surface area contributed by atoms with Gasteiger partial charge in [0, 0.05) is 49.9 Å². The number of hydrogen-bond acceptors (Lipinski definition) is 5. The number of aromatic nitrogens is 5. The van der Waals surface area contributed by atoms with E-state index >= 15 is 0 Å². The van der Waals surface area contributed by atoms with E-state index in [1.165, 1.54) is 64.6 Å². The molecule has 90 heavy (non-hydrogen) atoms. The predicted molar refractivity (Wildman–Crippen MR) is 375 cm³/mol. The second-order valence-corrected chi connectivity index (χ2v) is 23.5. The minimum atomic E-state index is 0.616. The Morgan fingerprint density at radius 3 is 1.08 bits per heavy atom. The lowest BCUT2D eigenvalue weighted by atomic mass is 9.86. The normalized spacial score (nSPS) is 11.8. The molecule has 0 fully saturated rings. The summed E-state index contributed by atoms with van der Waals surface area (Å²) in [5, 5.41) is 15.7. The first-order valence-corrected chi connectivity index (χ1v) is 30.6. The molecule has 0 aliphatic carbocycles. The maximum absolute atomic E-state index is 5.79. The van der Waals surface area contributed by atoms with Crippen LogP contribution < -0.4 is 0 Å². The van der Waals surface area contributed by atoms with Crippen molar-refractivity contribution in [2.45, 2.75) is 0 Å². The molecule has 5 heteroatoms. The smallest absolute Gasteiger partial charge is 0.160 e. The molecule has 18 rings (SSSR count). The van der Waals surface area contributed by atoms with E-state index in [0.717, 1.165) is 112 Å². The summed E-state index contributed by atoms with van der Waals surface area (Å²) in [4.78, 5) is 27.3. The van der Waals surface area contributed by atoms with E-state index in [-0.39, 0.29) is 0 Å². The Labute approximate surface area is 519 Å². The van der Waals surface area contributed by atoms with Crippen LogP contribution in [-0.2, 0) is 0 Å². The molecule has 0 aliphatic rings. The van der Waals surface area contributed by atoms with Gasteiger partial charge in [0.05, 0.1) is 34.0 Å². The third kappa shape index (κ3) is 8.66. The molecule has 5 nitrogen and oxygen atoms in total. The van der Waals surface area contributed by atoms with Crippen molar-refractivity contribution in [3.8, 4) is 112 Å². The summed E-state index contributed by atoms with van der Waals surface area (Å²) in [5.74, 6) is 1.26. The number of benzene rings is 15. The van der Waals surface area contributed by atoms with Crippen LogP contribution in [0, 0.1) is 0 Å². The lowest BCUT2D eigenvalue weighted by molar-refractivity contribution is 1.18. The zero-order valence-electron chi connectivity index (χ0n) is 48.7. The van der Waals surface area contributed by atoms with Gasteiger partial charge in [0.1, 0.15) is 0 Å². The maximum Gasteiger partial charge on any atom is 0.160 e. The molecule has 0 unspecified atom stereocenters. The Morgan fingerprint density at radius 2 is 0.567 bits per heavy atom. The number of nitrogens with zero attached hydrogens (tertiary/aromatic N) is 5. The number of hydrogen-bond donors (Lipinski definition) is 0. The first-order valence-electron chi connectivity index (χ1n) is 30.6. The van der Waals surface area contributed by atoms with Crippen molar-refractivity contribution in [3.63, 3.8) is 0 Å². The summed E-state index contributed by atoms with van der Waals surface area (Å²) in [6.45, 7) is 0. The lowest BCUT2D eigenvalue weighted by Crippen LogP contribution is -1.99. The largest absolute Gasteiger partial charge is 0.248 e. The minimum Gasteiger partial charge on any atom is -0.248 e. The topological polar surface area (TPSA) is 64.5 Å². The van der Waals surface area contributed by atoms with Gasteiger partial charge in [-0.15, -0.1) is 0 Å². The second kappa shape index (κ2) is 20.8. The van der Waals surface area contributed by atoms with E-state index in [1.807, 2.05) is 18.2 Å². The SMILES string of the molecule is c1ccc(-c2cc(-c3ccccc3)nc(-c3ccc(-c4nc(-c5ccc(-c6nc(-c7ccccc7)cc(-c7ccccc7)n6)cc5)c5cc(-c6ccc7ccc8cccc9ccc6c7c89)cc(-c6ccc7ccc8cccc9ccc6c7c89)c5n4)cc3)c2)cc1. The van der Waals surface area contributed by atoms with Crippen molar-refractivity contribution in [1.29, 1.82) is 0 Å². The fourth-order valence-corrected chi connectivity index (χ4v) is 13.8. The second-order valence-electron chi connectivity index (χ2n) is 23.5. The highest BCUT2D eigenvalue weighted by molar-refractivity contribution is 6.28. The summed E-state index contributed by atoms with van der Waals surface area (Å²) in [6, 6.07) is 111. The lowest BCUT2D eigenvalue weighted by Gasteiger charge is -2.19. The van der Waals surface area contributed by atoms with Gasteiger partial charge in [0.2, 0.25) is 0 Å². The average Bonchev–Trinajstić information content (AvgIpc) is 0.768. The van der Waals surface area contributed by atoms with Gasteiger partial charge in [-0.1, -0.05) is 279 Å². The highest BCUT2D eigenvalue weighted by Crippen LogP contribution is 2.47. The fraction of sp³-hybridized carbons (Fsp3) is 0. The molecular weight excluding hydrogens is 1090 g/mol. The predicted octanol–water partition coefficient (Wildman–Crippen LogP) is 22.3. The Bertz CT molecular complexity index is 5650. The Balaban J connectivity index is 0.876. The van der Waals surface area contributed by atoms with Crippen molar-refractivity contribution >= 4 is 75.5 Å². The molecule has 0 bridgehead atoms. The number of rotatable bonds is 10. The third-order valence-corrected chi connectivity index (χ3v) is 18.2. The molecule has 3 aromatic heterocycles. The van der Waals surface area contributed by atoms with Crippen molar-refractivity contribution in [2.75, 3.05) is 0 Å². The molecule has 0 saturated carbocycles. The Kier molecular flexibility index (Phi) is 11.9. The van der Waals surface area contributed by atoms with Crippen LogP contribution in [0.3, 0.4) is 0 Å². The average molecular weight is 1140 g/mol. The van der Waals surface area contributed by atoms with Crippen LogP contribution in [0.4, 0.5) is 0 Å². The first-order chi connectivity index (χ1) is 44.6. The highest BCUT2D eigenvalue weighted by Gasteiger charge is 2.23. The fourth-order valence-electron chi connectivity index (χ4n) is 13.8. The van der Waals surface area contributed by atoms with Crippen LogP contribution in [0.1, 0.15) is 0 Å². The van der Waals surface area contributed by atoms with Gasteiger partial charge in [-0.05, 0) is 123 Å². The summed E-state index contributed by atoms with van der Waals surface area (Å²) in [5.41, 5.74) is 18.6. The summed E-state index contributed by atoms with van der Waals surface area (Å²) < 4.78 is 0. The van der Waals surface area contributed by atoms with E-state index in [9.17, 15) is 0 Å². The zero-order valence-corrected chi connectivity index (χ0v) is 48.7. The molecule has 15 aromatic carbocycles. The van der Waals surface area contributed by atoms with E-state index in [1.54, 1.807) is 0 Å². The molecule has 18 aromatic rings. The monoisotopic (exact) mass is 1140 g/mol. The number of pyridine rings is 1. The molecule has 0 aliphatic heterocycles. The van der Waals surface area contributed by atoms with E-state index in [0.29, 0.717) is 11.6 Å². The minimum absolute atomic E-state index is 0.616. The van der Waals surface area contributed by atoms with Crippen molar-refractivity contribution in [3.05, 3.63) is 309 Å². The van der Waals surface area contributed by atoms with Gasteiger partial charge in [-0.25, -0.2) is 24.9 Å². The van der Waals surface area contributed by atoms with Gasteiger partial charge in [-0.3, -0.25) is 0 Å². The van der Waals surface area contributed by atoms with E-state index < -0.39 is 0 Å². The van der Waals surface area contributed by atoms with Crippen LogP contribution in [0.2, 0.25) is 0 Å². The molecule has 0 amide bonds. The van der Waals surface area contributed by atoms with E-state index in [2.05, 4.69) is 291 Å². The molecule has 0 atom stereocenters. The molecule has 0 spiro atoms. The first kappa shape index (κ1) is 51.2. The van der Waals surface area contributed by atoms with Crippen LogP contribution in [0.15, 0.2) is 309 Å². The molecule has 3 heterocycles. The van der Waals surface area contributed by atoms with Gasteiger partial charge in [-0.2, -0.15) is 0 Å². The van der Waals surface area contributed by atoms with Crippen LogP contribution >= 0.6 is 0 Å². The molecule has 0 radical (unpaired) electrons. The van der Waals surface area contributed by atoms with Gasteiger partial charge in [0.25, 0.3) is 0 Å². The third-order valence-electron chi connectivity index (χ3n) is 18.2. The summed E-state index contributed by atoms with van der Waals surface area (Å²) in [7, 11) is 0. The molecule has 0 saturated heterocycles. The highest BCUT2D eigenvalue weighted by atomic mass is 14.9. The van der Waals surface area contributed by atoms with Crippen molar-refractivity contribution in [1.82, 2.24) is 24.9 Å². The van der Waals surface area contributed by atoms with Gasteiger partial charge < -0.3 is 0 Å². The van der Waals surface area contributed by atoms with E-state index in [4.69, 9.17) is 24.9 Å². The standard InChI is InChI=1S/C85H51N5/c1-5-15-52(16-6-1)66-49-74(53-17-7-2-8-18-53)86-75(50-66)56-27-35-65(36-28-56)85-89-82(63-33-37-64(38-34-63)84-87-76(54-19-9-3-10-20-54)51-77(88-84)55-21-11-4-12-22-55)73-48-67(68-43-39-61-31-29-57-23-13-25-59-41-45-70(68)80(61)78(57)59)47-72(83(73)90-85)69-44-40-62-32-30-58-24-14-26-60-42-46-71(69)81(62)79(58)60/h1-51H.